The Morgan fingerprint density at radius 2 is 1.86 bits per heavy atom. The fourth-order valence-electron chi connectivity index (χ4n) is 2.22. The summed E-state index contributed by atoms with van der Waals surface area (Å²) >= 11 is 9.71. The van der Waals surface area contributed by atoms with Crippen LogP contribution in [0.15, 0.2) is 16.6 Å². The highest BCUT2D eigenvalue weighted by molar-refractivity contribution is 9.10. The fraction of sp³-hybridized carbons (Fsp3) is 0.333. The predicted molar refractivity (Wildman–Crippen MR) is 88.2 cm³/mol. The van der Waals surface area contributed by atoms with Gasteiger partial charge in [-0.3, -0.25) is 0 Å². The molecule has 22 heavy (non-hydrogen) atoms. The third-order valence-electron chi connectivity index (χ3n) is 3.18. The van der Waals surface area contributed by atoms with Gasteiger partial charge >= 0.3 is 0 Å². The standard InChI is InChI=1S/C15H16BrClO5/c1-19-7-22-15-12-9(4-8(6-18)13(15)16)11(20-2)5-10(17)14(12)21-3/h4-5,18H,6-7H2,1-3H3. The number of hydrogen-bond donors (Lipinski definition) is 1. The molecule has 7 heteroatoms. The number of aliphatic hydroxyl groups excluding tert-OH is 1. The monoisotopic (exact) mass is 390 g/mol. The predicted octanol–water partition coefficient (Wildman–Crippen LogP) is 3.75. The Kier molecular flexibility index (Phi) is 5.74. The largest absolute Gasteiger partial charge is 0.496 e. The van der Waals surface area contributed by atoms with Crippen LogP contribution in [0.3, 0.4) is 0 Å². The van der Waals surface area contributed by atoms with Crippen molar-refractivity contribution in [3.8, 4) is 17.2 Å². The zero-order chi connectivity index (χ0) is 16.3. The summed E-state index contributed by atoms with van der Waals surface area (Å²) in [6, 6.07) is 3.47. The molecule has 0 aliphatic carbocycles. The minimum Gasteiger partial charge on any atom is -0.496 e. The third kappa shape index (κ3) is 2.96. The van der Waals surface area contributed by atoms with E-state index < -0.39 is 0 Å². The molecule has 0 radical (unpaired) electrons. The van der Waals surface area contributed by atoms with Gasteiger partial charge in [0.2, 0.25) is 0 Å². The topological polar surface area (TPSA) is 57.2 Å². The molecule has 0 atom stereocenters. The Hall–Kier alpha value is -1.21. The van der Waals surface area contributed by atoms with Gasteiger partial charge in [-0.1, -0.05) is 11.6 Å². The average Bonchev–Trinajstić information content (AvgIpc) is 2.53. The normalized spacial score (nSPS) is 10.8. The molecule has 0 spiro atoms. The van der Waals surface area contributed by atoms with Crippen LogP contribution in [0.4, 0.5) is 0 Å². The van der Waals surface area contributed by atoms with E-state index in [9.17, 15) is 5.11 Å². The van der Waals surface area contributed by atoms with E-state index in [4.69, 9.17) is 30.5 Å². The van der Waals surface area contributed by atoms with Crippen molar-refractivity contribution in [3.05, 3.63) is 27.2 Å². The van der Waals surface area contributed by atoms with Gasteiger partial charge in [0.1, 0.15) is 17.2 Å². The highest BCUT2D eigenvalue weighted by Crippen LogP contribution is 2.48. The quantitative estimate of drug-likeness (QED) is 0.760. The number of benzene rings is 2. The molecule has 0 saturated heterocycles. The highest BCUT2D eigenvalue weighted by Gasteiger charge is 2.21. The van der Waals surface area contributed by atoms with Crippen LogP contribution < -0.4 is 14.2 Å². The summed E-state index contributed by atoms with van der Waals surface area (Å²) in [7, 11) is 4.60. The minimum atomic E-state index is -0.159. The molecule has 0 aromatic heterocycles. The van der Waals surface area contributed by atoms with Gasteiger partial charge in [-0.05, 0) is 27.6 Å². The first-order valence-corrected chi connectivity index (χ1v) is 7.54. The molecule has 0 heterocycles. The molecular formula is C15H16BrClO5. The van der Waals surface area contributed by atoms with Crippen LogP contribution >= 0.6 is 27.5 Å². The molecule has 0 bridgehead atoms. The van der Waals surface area contributed by atoms with Gasteiger partial charge in [-0.2, -0.15) is 0 Å². The SMILES string of the molecule is COCOc1c(Br)c(CO)cc2c(OC)cc(Cl)c(OC)c12. The number of fused-ring (bicyclic) bond motifs is 1. The van der Waals surface area contributed by atoms with E-state index in [0.717, 1.165) is 5.39 Å². The molecule has 0 aliphatic heterocycles. The maximum atomic E-state index is 9.56. The second-order valence-electron chi connectivity index (χ2n) is 4.40. The summed E-state index contributed by atoms with van der Waals surface area (Å²) in [6.45, 7) is -0.117. The molecule has 5 nitrogen and oxygen atoms in total. The van der Waals surface area contributed by atoms with Crippen LogP contribution in [0.25, 0.3) is 10.8 Å². The van der Waals surface area contributed by atoms with Crippen LogP contribution in [-0.2, 0) is 11.3 Å². The number of halogens is 2. The third-order valence-corrected chi connectivity index (χ3v) is 4.33. The number of hydrogen-bond acceptors (Lipinski definition) is 5. The second-order valence-corrected chi connectivity index (χ2v) is 5.60. The van der Waals surface area contributed by atoms with Gasteiger partial charge in [0.25, 0.3) is 0 Å². The highest BCUT2D eigenvalue weighted by atomic mass is 79.9. The van der Waals surface area contributed by atoms with Gasteiger partial charge in [0.15, 0.2) is 6.79 Å². The molecule has 2 rings (SSSR count). The Balaban J connectivity index is 2.91. The lowest BCUT2D eigenvalue weighted by atomic mass is 10.0. The minimum absolute atomic E-state index is 0.0422. The maximum absolute atomic E-state index is 9.56. The summed E-state index contributed by atoms with van der Waals surface area (Å²) < 4.78 is 22.0. The zero-order valence-corrected chi connectivity index (χ0v) is 14.7. The molecule has 120 valence electrons. The van der Waals surface area contributed by atoms with Crippen molar-refractivity contribution in [2.24, 2.45) is 0 Å². The van der Waals surface area contributed by atoms with E-state index in [1.807, 2.05) is 0 Å². The van der Waals surface area contributed by atoms with Crippen molar-refractivity contribution in [2.45, 2.75) is 6.61 Å². The van der Waals surface area contributed by atoms with Gasteiger partial charge in [-0.25, -0.2) is 0 Å². The van der Waals surface area contributed by atoms with Crippen molar-refractivity contribution in [2.75, 3.05) is 28.1 Å². The van der Waals surface area contributed by atoms with E-state index in [1.165, 1.54) is 14.2 Å². The van der Waals surface area contributed by atoms with E-state index in [1.54, 1.807) is 19.2 Å². The molecule has 1 N–H and O–H groups in total. The molecule has 0 saturated carbocycles. The first kappa shape index (κ1) is 17.1. The van der Waals surface area contributed by atoms with Crippen LogP contribution in [0.2, 0.25) is 5.02 Å². The van der Waals surface area contributed by atoms with E-state index in [0.29, 0.717) is 37.7 Å². The zero-order valence-electron chi connectivity index (χ0n) is 12.4. The van der Waals surface area contributed by atoms with Gasteiger partial charge in [0.05, 0.1) is 35.7 Å². The van der Waals surface area contributed by atoms with E-state index in [2.05, 4.69) is 15.9 Å². The molecule has 2 aromatic carbocycles. The van der Waals surface area contributed by atoms with Gasteiger partial charge in [0, 0.05) is 18.6 Å². The molecular weight excluding hydrogens is 376 g/mol. The molecule has 0 aliphatic rings. The number of methoxy groups -OCH3 is 3. The smallest absolute Gasteiger partial charge is 0.188 e. The summed E-state index contributed by atoms with van der Waals surface area (Å²) in [6.07, 6.45) is 0. The molecule has 0 fully saturated rings. The summed E-state index contributed by atoms with van der Waals surface area (Å²) in [5.74, 6) is 1.50. The van der Waals surface area contributed by atoms with Crippen LogP contribution in [0.1, 0.15) is 5.56 Å². The average molecular weight is 392 g/mol. The van der Waals surface area contributed by atoms with E-state index in [-0.39, 0.29) is 13.4 Å². The van der Waals surface area contributed by atoms with Crippen molar-refractivity contribution in [1.29, 1.82) is 0 Å². The van der Waals surface area contributed by atoms with E-state index >= 15 is 0 Å². The lowest BCUT2D eigenvalue weighted by Gasteiger charge is -2.18. The van der Waals surface area contributed by atoms with Crippen molar-refractivity contribution < 1.29 is 24.1 Å². The Morgan fingerprint density at radius 3 is 2.41 bits per heavy atom. The number of rotatable bonds is 6. The first-order valence-electron chi connectivity index (χ1n) is 6.37. The Labute approximate surface area is 141 Å². The molecule has 0 unspecified atom stereocenters. The number of aliphatic hydroxyl groups is 1. The Morgan fingerprint density at radius 1 is 1.14 bits per heavy atom. The second kappa shape index (κ2) is 7.37. The lowest BCUT2D eigenvalue weighted by Crippen LogP contribution is -2.03. The van der Waals surface area contributed by atoms with Crippen molar-refractivity contribution >= 4 is 38.3 Å². The first-order chi connectivity index (χ1) is 10.6. The van der Waals surface area contributed by atoms with Gasteiger partial charge in [-0.15, -0.1) is 0 Å². The summed E-state index contributed by atoms with van der Waals surface area (Å²) in [5.41, 5.74) is 0.654. The summed E-state index contributed by atoms with van der Waals surface area (Å²) in [5, 5.41) is 11.3. The van der Waals surface area contributed by atoms with Gasteiger partial charge < -0.3 is 24.1 Å². The van der Waals surface area contributed by atoms with Crippen LogP contribution in [-0.4, -0.2) is 33.2 Å². The molecule has 2 aromatic rings. The van der Waals surface area contributed by atoms with Crippen molar-refractivity contribution in [1.82, 2.24) is 0 Å². The number of ether oxygens (including phenoxy) is 4. The van der Waals surface area contributed by atoms with Crippen molar-refractivity contribution in [3.63, 3.8) is 0 Å². The lowest BCUT2D eigenvalue weighted by molar-refractivity contribution is 0.0515. The molecule has 0 amide bonds. The van der Waals surface area contributed by atoms with Crippen LogP contribution in [0.5, 0.6) is 17.2 Å². The Bertz CT molecular complexity index is 690. The maximum Gasteiger partial charge on any atom is 0.188 e. The summed E-state index contributed by atoms with van der Waals surface area (Å²) in [4.78, 5) is 0. The fourth-order valence-corrected chi connectivity index (χ4v) is 3.05. The van der Waals surface area contributed by atoms with Crippen LogP contribution in [0, 0.1) is 0 Å².